The van der Waals surface area contributed by atoms with E-state index in [0.29, 0.717) is 0 Å². The van der Waals surface area contributed by atoms with Gasteiger partial charge in [0.05, 0.1) is 12.6 Å². The number of nitrogens with one attached hydrogen (secondary N) is 2. The fourth-order valence-corrected chi connectivity index (χ4v) is 2.52. The Hall–Kier alpha value is -1.10. The Kier molecular flexibility index (Phi) is 3.99. The van der Waals surface area contributed by atoms with E-state index in [-0.39, 0.29) is 30.6 Å². The van der Waals surface area contributed by atoms with Crippen LogP contribution in [0.5, 0.6) is 0 Å². The molecule has 1 aliphatic carbocycles. The molecule has 2 N–H and O–H groups in total. The zero-order valence-electron chi connectivity index (χ0n) is 10.2. The normalized spacial score (nSPS) is 30.1. The number of carbonyl (C=O) groups is 2. The van der Waals surface area contributed by atoms with E-state index in [2.05, 4.69) is 10.6 Å². The van der Waals surface area contributed by atoms with Crippen molar-refractivity contribution in [2.24, 2.45) is 0 Å². The summed E-state index contributed by atoms with van der Waals surface area (Å²) in [4.78, 5) is 23.2. The number of esters is 1. The maximum absolute atomic E-state index is 12.0. The fraction of sp³-hybridized carbons (Fsp3) is 0.833. The molecule has 0 aromatic heterocycles. The van der Waals surface area contributed by atoms with Crippen LogP contribution in [0.25, 0.3) is 0 Å². The quantitative estimate of drug-likeness (QED) is 0.698. The first-order valence-electron chi connectivity index (χ1n) is 6.44. The molecular weight excluding hydrogens is 220 g/mol. The lowest BCUT2D eigenvalue weighted by molar-refractivity contribution is -0.153. The van der Waals surface area contributed by atoms with E-state index < -0.39 is 6.04 Å². The summed E-state index contributed by atoms with van der Waals surface area (Å²) in [6.07, 6.45) is 5.04. The molecule has 17 heavy (non-hydrogen) atoms. The number of hydrogen-bond acceptors (Lipinski definition) is 4. The van der Waals surface area contributed by atoms with E-state index >= 15 is 0 Å². The lowest BCUT2D eigenvalue weighted by atomic mass is 10.0. The molecule has 0 radical (unpaired) electrons. The van der Waals surface area contributed by atoms with Crippen LogP contribution in [0.15, 0.2) is 0 Å². The van der Waals surface area contributed by atoms with Crippen LogP contribution in [0.1, 0.15) is 39.0 Å². The minimum atomic E-state index is -0.390. The maximum atomic E-state index is 12.0. The van der Waals surface area contributed by atoms with Crippen molar-refractivity contribution in [2.75, 3.05) is 6.54 Å². The van der Waals surface area contributed by atoms with Crippen LogP contribution in [0, 0.1) is 0 Å². The minimum absolute atomic E-state index is 0.0539. The molecule has 0 spiro atoms. The van der Waals surface area contributed by atoms with E-state index in [1.165, 1.54) is 0 Å². The summed E-state index contributed by atoms with van der Waals surface area (Å²) in [5.74, 6) is -0.273. The number of piperazine rings is 1. The number of ether oxygens (including phenoxy) is 1. The summed E-state index contributed by atoms with van der Waals surface area (Å²) in [5, 5.41) is 5.78. The molecule has 2 aliphatic rings. The summed E-state index contributed by atoms with van der Waals surface area (Å²) >= 11 is 0. The predicted molar refractivity (Wildman–Crippen MR) is 62.4 cm³/mol. The zero-order valence-corrected chi connectivity index (χ0v) is 10.2. The third-order valence-electron chi connectivity index (χ3n) is 3.51. The number of rotatable bonds is 3. The number of amides is 1. The van der Waals surface area contributed by atoms with Gasteiger partial charge in [-0.15, -0.1) is 0 Å². The maximum Gasteiger partial charge on any atom is 0.325 e. The number of carbonyl (C=O) groups excluding carboxylic acids is 2. The Morgan fingerprint density at radius 2 is 2.12 bits per heavy atom. The van der Waals surface area contributed by atoms with Crippen LogP contribution in [-0.4, -0.2) is 36.6 Å². The van der Waals surface area contributed by atoms with Gasteiger partial charge in [-0.2, -0.15) is 0 Å². The van der Waals surface area contributed by atoms with Crippen LogP contribution in [0.3, 0.4) is 0 Å². The Balaban J connectivity index is 1.90. The summed E-state index contributed by atoms with van der Waals surface area (Å²) in [7, 11) is 0. The Morgan fingerprint density at radius 3 is 2.76 bits per heavy atom. The molecule has 2 rings (SSSR count). The molecule has 2 unspecified atom stereocenters. The lowest BCUT2D eigenvalue weighted by Crippen LogP contribution is -2.62. The molecule has 5 heteroatoms. The highest BCUT2D eigenvalue weighted by molar-refractivity contribution is 5.84. The van der Waals surface area contributed by atoms with Gasteiger partial charge in [0.15, 0.2) is 0 Å². The summed E-state index contributed by atoms with van der Waals surface area (Å²) in [6, 6.07) is -0.538. The Bertz CT molecular complexity index is 300. The predicted octanol–water partition coefficient (Wildman–Crippen LogP) is 0.339. The van der Waals surface area contributed by atoms with Crippen LogP contribution in [0.4, 0.5) is 0 Å². The van der Waals surface area contributed by atoms with Gasteiger partial charge in [0.1, 0.15) is 12.1 Å². The molecule has 2 atom stereocenters. The van der Waals surface area contributed by atoms with Crippen molar-refractivity contribution in [2.45, 2.75) is 57.2 Å². The van der Waals surface area contributed by atoms with E-state index in [9.17, 15) is 9.59 Å². The van der Waals surface area contributed by atoms with Crippen LogP contribution < -0.4 is 10.6 Å². The third-order valence-corrected chi connectivity index (χ3v) is 3.51. The molecule has 0 aromatic rings. The molecule has 1 saturated heterocycles. The average molecular weight is 240 g/mol. The monoisotopic (exact) mass is 240 g/mol. The first-order chi connectivity index (χ1) is 8.20. The van der Waals surface area contributed by atoms with Crippen molar-refractivity contribution in [3.8, 4) is 0 Å². The second-order valence-electron chi connectivity index (χ2n) is 4.78. The van der Waals surface area contributed by atoms with Gasteiger partial charge in [0.25, 0.3) is 0 Å². The molecular formula is C12H20N2O3. The zero-order chi connectivity index (χ0) is 12.3. The largest absolute Gasteiger partial charge is 0.461 e. The van der Waals surface area contributed by atoms with Crippen LogP contribution in [0.2, 0.25) is 0 Å². The van der Waals surface area contributed by atoms with Crippen LogP contribution in [-0.2, 0) is 14.3 Å². The second kappa shape index (κ2) is 5.49. The minimum Gasteiger partial charge on any atom is -0.461 e. The van der Waals surface area contributed by atoms with E-state index in [4.69, 9.17) is 4.74 Å². The average Bonchev–Trinajstić information content (AvgIpc) is 2.81. The Morgan fingerprint density at radius 1 is 1.41 bits per heavy atom. The standard InChI is InChI=1S/C12H20N2O3/c1-2-9-11(13-7-10(15)14-9)12(16)17-8-5-3-4-6-8/h8-9,11,13H,2-7H2,1H3,(H,14,15). The van der Waals surface area contributed by atoms with Gasteiger partial charge in [0, 0.05) is 0 Å². The highest BCUT2D eigenvalue weighted by atomic mass is 16.5. The smallest absolute Gasteiger partial charge is 0.325 e. The van der Waals surface area contributed by atoms with Crippen molar-refractivity contribution in [3.05, 3.63) is 0 Å². The highest BCUT2D eigenvalue weighted by Crippen LogP contribution is 2.22. The molecule has 2 fully saturated rings. The van der Waals surface area contributed by atoms with Crippen molar-refractivity contribution < 1.29 is 14.3 Å². The van der Waals surface area contributed by atoms with Gasteiger partial charge in [-0.25, -0.2) is 0 Å². The SMILES string of the molecule is CCC1NC(=O)CNC1C(=O)OC1CCCC1. The van der Waals surface area contributed by atoms with Crippen molar-refractivity contribution in [1.29, 1.82) is 0 Å². The van der Waals surface area contributed by atoms with Gasteiger partial charge in [0.2, 0.25) is 5.91 Å². The first-order valence-corrected chi connectivity index (χ1v) is 6.44. The van der Waals surface area contributed by atoms with Gasteiger partial charge in [-0.3, -0.25) is 14.9 Å². The summed E-state index contributed by atoms with van der Waals surface area (Å²) < 4.78 is 5.47. The molecule has 1 heterocycles. The van der Waals surface area contributed by atoms with Gasteiger partial charge >= 0.3 is 5.97 Å². The first kappa shape index (κ1) is 12.4. The van der Waals surface area contributed by atoms with Crippen LogP contribution >= 0.6 is 0 Å². The van der Waals surface area contributed by atoms with E-state index in [0.717, 1.165) is 32.1 Å². The van der Waals surface area contributed by atoms with Gasteiger partial charge < -0.3 is 10.1 Å². The van der Waals surface area contributed by atoms with Gasteiger partial charge in [-0.05, 0) is 32.1 Å². The molecule has 0 aromatic carbocycles. The molecule has 1 aliphatic heterocycles. The topological polar surface area (TPSA) is 67.4 Å². The third kappa shape index (κ3) is 2.97. The molecule has 0 bridgehead atoms. The number of hydrogen-bond donors (Lipinski definition) is 2. The van der Waals surface area contributed by atoms with Crippen molar-refractivity contribution >= 4 is 11.9 Å². The van der Waals surface area contributed by atoms with Gasteiger partial charge in [-0.1, -0.05) is 6.92 Å². The molecule has 1 amide bonds. The van der Waals surface area contributed by atoms with Crippen molar-refractivity contribution in [3.63, 3.8) is 0 Å². The molecule has 1 saturated carbocycles. The fourth-order valence-electron chi connectivity index (χ4n) is 2.52. The summed E-state index contributed by atoms with van der Waals surface area (Å²) in [5.41, 5.74) is 0. The highest BCUT2D eigenvalue weighted by Gasteiger charge is 2.35. The molecule has 96 valence electrons. The van der Waals surface area contributed by atoms with E-state index in [1.807, 2.05) is 6.92 Å². The molecule has 5 nitrogen and oxygen atoms in total. The Labute approximate surface area is 101 Å². The summed E-state index contributed by atoms with van der Waals surface area (Å²) in [6.45, 7) is 2.15. The second-order valence-corrected chi connectivity index (χ2v) is 4.78. The van der Waals surface area contributed by atoms with E-state index in [1.54, 1.807) is 0 Å². The van der Waals surface area contributed by atoms with Crippen molar-refractivity contribution in [1.82, 2.24) is 10.6 Å². The lowest BCUT2D eigenvalue weighted by Gasteiger charge is -2.31.